The normalized spacial score (nSPS) is 14.5. The van der Waals surface area contributed by atoms with Crippen LogP contribution < -0.4 is 10.3 Å². The van der Waals surface area contributed by atoms with E-state index in [2.05, 4.69) is 0 Å². The predicted molar refractivity (Wildman–Crippen MR) is 137 cm³/mol. The molecule has 2 heterocycles. The third-order valence-electron chi connectivity index (χ3n) is 6.35. The largest absolute Gasteiger partial charge is 0.493 e. The van der Waals surface area contributed by atoms with Crippen LogP contribution in [-0.2, 0) is 28.7 Å². The standard InChI is InChI=1S/C29H30F3NO5/c1-5-33-13-12-17(16-23(33)34)20-9-10-21(29(30,31)32)25(26(27(35)36)38-28(2,3)4)24(20)19-8-11-22-18(15-19)7-6-14-37-22/h8-13,15-16,26H,5-7,14H2,1-4H3,(H,35,36). The highest BCUT2D eigenvalue weighted by Gasteiger charge is 2.41. The highest BCUT2D eigenvalue weighted by atomic mass is 19.4. The lowest BCUT2D eigenvalue weighted by Crippen LogP contribution is -2.29. The molecule has 1 aliphatic rings. The van der Waals surface area contributed by atoms with Gasteiger partial charge in [0.05, 0.1) is 17.8 Å². The number of aromatic nitrogens is 1. The van der Waals surface area contributed by atoms with Crippen LogP contribution in [0.1, 0.15) is 56.9 Å². The van der Waals surface area contributed by atoms with E-state index in [1.165, 1.54) is 16.7 Å². The first kappa shape index (κ1) is 27.4. The molecule has 0 spiro atoms. The van der Waals surface area contributed by atoms with Crippen LogP contribution in [0.2, 0.25) is 0 Å². The number of pyridine rings is 1. The Hall–Kier alpha value is -3.59. The summed E-state index contributed by atoms with van der Waals surface area (Å²) in [5.74, 6) is -0.909. The first-order valence-corrected chi connectivity index (χ1v) is 12.4. The lowest BCUT2D eigenvalue weighted by molar-refractivity contribution is -0.163. The molecule has 0 saturated heterocycles. The number of alkyl halides is 3. The molecule has 1 N–H and O–H groups in total. The molecular weight excluding hydrogens is 499 g/mol. The van der Waals surface area contributed by atoms with Crippen molar-refractivity contribution in [1.29, 1.82) is 0 Å². The number of carboxylic acid groups (broad SMARTS) is 1. The van der Waals surface area contributed by atoms with Gasteiger partial charge >= 0.3 is 12.1 Å². The Balaban J connectivity index is 2.12. The summed E-state index contributed by atoms with van der Waals surface area (Å²) in [4.78, 5) is 25.2. The number of fused-ring (bicyclic) bond motifs is 1. The van der Waals surface area contributed by atoms with Crippen LogP contribution in [0, 0.1) is 0 Å². The average molecular weight is 530 g/mol. The molecule has 38 heavy (non-hydrogen) atoms. The molecule has 1 aliphatic heterocycles. The Morgan fingerprint density at radius 3 is 2.45 bits per heavy atom. The molecule has 2 aromatic carbocycles. The summed E-state index contributed by atoms with van der Waals surface area (Å²) >= 11 is 0. The number of halogens is 3. The lowest BCUT2D eigenvalue weighted by atomic mass is 9.84. The van der Waals surface area contributed by atoms with Crippen molar-refractivity contribution in [3.05, 3.63) is 75.7 Å². The summed E-state index contributed by atoms with van der Waals surface area (Å²) in [6, 6.07) is 10.2. The summed E-state index contributed by atoms with van der Waals surface area (Å²) < 4.78 is 56.3. The van der Waals surface area contributed by atoms with Crippen LogP contribution in [0.3, 0.4) is 0 Å². The van der Waals surface area contributed by atoms with E-state index in [0.717, 1.165) is 18.1 Å². The Kier molecular flexibility index (Phi) is 7.43. The van der Waals surface area contributed by atoms with Gasteiger partial charge in [0.1, 0.15) is 5.75 Å². The van der Waals surface area contributed by atoms with Gasteiger partial charge in [0.15, 0.2) is 6.10 Å². The molecular formula is C29H30F3NO5. The van der Waals surface area contributed by atoms with Crippen molar-refractivity contribution >= 4 is 5.97 Å². The van der Waals surface area contributed by atoms with Gasteiger partial charge < -0.3 is 19.1 Å². The molecule has 1 atom stereocenters. The number of hydrogen-bond acceptors (Lipinski definition) is 4. The second-order valence-electron chi connectivity index (χ2n) is 10.2. The number of carbonyl (C=O) groups is 1. The number of benzene rings is 2. The van der Waals surface area contributed by atoms with Crippen molar-refractivity contribution < 1.29 is 32.5 Å². The number of aryl methyl sites for hydroxylation is 2. The minimum absolute atomic E-state index is 0.0542. The van der Waals surface area contributed by atoms with Crippen LogP contribution in [0.25, 0.3) is 22.3 Å². The second kappa shape index (κ2) is 10.3. The van der Waals surface area contributed by atoms with Gasteiger partial charge in [0, 0.05) is 24.4 Å². The molecule has 0 aliphatic carbocycles. The molecule has 3 aromatic rings. The smallest absolute Gasteiger partial charge is 0.416 e. The Morgan fingerprint density at radius 2 is 1.84 bits per heavy atom. The van der Waals surface area contributed by atoms with E-state index in [1.807, 2.05) is 0 Å². The Morgan fingerprint density at radius 1 is 1.11 bits per heavy atom. The van der Waals surface area contributed by atoms with Gasteiger partial charge in [0.25, 0.3) is 5.56 Å². The summed E-state index contributed by atoms with van der Waals surface area (Å²) in [5, 5.41) is 10.2. The number of carboxylic acids is 1. The number of nitrogens with zero attached hydrogens (tertiary/aromatic N) is 1. The number of ether oxygens (including phenoxy) is 2. The van der Waals surface area contributed by atoms with E-state index in [0.29, 0.717) is 42.0 Å². The van der Waals surface area contributed by atoms with Crippen LogP contribution >= 0.6 is 0 Å². The highest BCUT2D eigenvalue weighted by Crippen LogP contribution is 2.47. The van der Waals surface area contributed by atoms with Crippen molar-refractivity contribution in [1.82, 2.24) is 4.57 Å². The summed E-state index contributed by atoms with van der Waals surface area (Å²) in [6.07, 6.45) is -3.80. The molecule has 0 fully saturated rings. The minimum Gasteiger partial charge on any atom is -0.493 e. The van der Waals surface area contributed by atoms with Crippen molar-refractivity contribution in [2.24, 2.45) is 0 Å². The average Bonchev–Trinajstić information content (AvgIpc) is 2.85. The van der Waals surface area contributed by atoms with Gasteiger partial charge in [-0.2, -0.15) is 13.2 Å². The van der Waals surface area contributed by atoms with Crippen LogP contribution in [0.4, 0.5) is 13.2 Å². The van der Waals surface area contributed by atoms with Crippen LogP contribution in [0.15, 0.2) is 53.5 Å². The fourth-order valence-electron chi connectivity index (χ4n) is 4.73. The zero-order valence-electron chi connectivity index (χ0n) is 21.7. The van der Waals surface area contributed by atoms with Crippen LogP contribution in [0.5, 0.6) is 5.75 Å². The molecule has 0 saturated carbocycles. The molecule has 0 amide bonds. The molecule has 6 nitrogen and oxygen atoms in total. The van der Waals surface area contributed by atoms with E-state index in [4.69, 9.17) is 9.47 Å². The van der Waals surface area contributed by atoms with Gasteiger partial charge in [-0.25, -0.2) is 4.79 Å². The third kappa shape index (κ3) is 5.62. The molecule has 9 heteroatoms. The van der Waals surface area contributed by atoms with E-state index >= 15 is 0 Å². The molecule has 0 radical (unpaired) electrons. The van der Waals surface area contributed by atoms with Crippen molar-refractivity contribution in [3.8, 4) is 28.0 Å². The van der Waals surface area contributed by atoms with Crippen molar-refractivity contribution in [3.63, 3.8) is 0 Å². The monoisotopic (exact) mass is 529 g/mol. The number of aliphatic carboxylic acids is 1. The highest BCUT2D eigenvalue weighted by molar-refractivity contribution is 5.91. The number of hydrogen-bond donors (Lipinski definition) is 1. The molecule has 1 aromatic heterocycles. The maximum absolute atomic E-state index is 14.4. The Bertz CT molecular complexity index is 1420. The third-order valence-corrected chi connectivity index (χ3v) is 6.35. The van der Waals surface area contributed by atoms with E-state index in [-0.39, 0.29) is 11.1 Å². The van der Waals surface area contributed by atoms with Gasteiger partial charge in [-0.05, 0) is 92.6 Å². The van der Waals surface area contributed by atoms with Crippen molar-refractivity contribution in [2.45, 2.75) is 65.0 Å². The quantitative estimate of drug-likeness (QED) is 0.395. The maximum Gasteiger partial charge on any atom is 0.416 e. The van der Waals surface area contributed by atoms with Gasteiger partial charge in [-0.15, -0.1) is 0 Å². The lowest BCUT2D eigenvalue weighted by Gasteiger charge is -2.30. The van der Waals surface area contributed by atoms with Crippen LogP contribution in [-0.4, -0.2) is 27.9 Å². The second-order valence-corrected chi connectivity index (χ2v) is 10.2. The molecule has 4 rings (SSSR count). The number of rotatable bonds is 6. The minimum atomic E-state index is -4.86. The molecule has 202 valence electrons. The van der Waals surface area contributed by atoms with E-state index in [1.54, 1.807) is 58.2 Å². The topological polar surface area (TPSA) is 77.8 Å². The first-order chi connectivity index (χ1) is 17.8. The molecule has 0 bridgehead atoms. The SMILES string of the molecule is CCn1ccc(-c2ccc(C(F)(F)F)c(C(OC(C)(C)C)C(=O)O)c2-c2ccc3c(c2)CCCO3)cc1=O. The van der Waals surface area contributed by atoms with Gasteiger partial charge in [-0.1, -0.05) is 12.1 Å². The predicted octanol–water partition coefficient (Wildman–Crippen LogP) is 6.49. The fraction of sp³-hybridized carbons (Fsp3) is 0.379. The van der Waals surface area contributed by atoms with Gasteiger partial charge in [0.2, 0.25) is 0 Å². The van der Waals surface area contributed by atoms with Gasteiger partial charge in [-0.3, -0.25) is 4.79 Å². The molecule has 1 unspecified atom stereocenters. The Labute approximate surface area is 218 Å². The summed E-state index contributed by atoms with van der Waals surface area (Å²) in [7, 11) is 0. The fourth-order valence-corrected chi connectivity index (χ4v) is 4.73. The zero-order chi connectivity index (χ0) is 27.8. The first-order valence-electron chi connectivity index (χ1n) is 12.4. The zero-order valence-corrected chi connectivity index (χ0v) is 21.7. The maximum atomic E-state index is 14.4. The summed E-state index contributed by atoms with van der Waals surface area (Å²) in [5.41, 5.74) is -1.08. The summed E-state index contributed by atoms with van der Waals surface area (Å²) in [6.45, 7) is 7.52. The van der Waals surface area contributed by atoms with E-state index in [9.17, 15) is 27.9 Å². The van der Waals surface area contributed by atoms with Crippen molar-refractivity contribution in [2.75, 3.05) is 6.61 Å². The van der Waals surface area contributed by atoms with E-state index < -0.39 is 35.0 Å².